The van der Waals surface area contributed by atoms with Gasteiger partial charge in [-0.05, 0) is 122 Å². The van der Waals surface area contributed by atoms with Crippen molar-refractivity contribution >= 4 is 34.5 Å². The van der Waals surface area contributed by atoms with Gasteiger partial charge in [-0.2, -0.15) is 0 Å². The van der Waals surface area contributed by atoms with E-state index in [1.165, 1.54) is 27.8 Å². The summed E-state index contributed by atoms with van der Waals surface area (Å²) in [7, 11) is 0. The number of ether oxygens (including phenoxy) is 4. The Bertz CT molecular complexity index is 2480. The van der Waals surface area contributed by atoms with Gasteiger partial charge < -0.3 is 18.9 Å². The molecule has 8 rings (SSSR count). The first-order chi connectivity index (χ1) is 34.2. The molecule has 10 unspecified atom stereocenters. The van der Waals surface area contributed by atoms with E-state index >= 15 is 0 Å². The zero-order valence-electron chi connectivity index (χ0n) is 41.3. The standard InChI is InChI=1S/C63H71IO6/c1-4-58(50-31-19-9-20-32-50)62(2,60(65)69-43-56-41-67-56)36-35-52(46-23-11-5-12-24-46)37-53(47-25-13-6-14-26-47)38-54(48-27-15-7-16-28-48)39-55(49-29-17-8-18-30-49)40-59(51-33-21-10-22-34-51)63(3,45-64)61(66)70-44-57-42-68-57/h5-34,52-59H,4,35-45H2,1-3H3. The molecule has 0 amide bonds. The molecule has 0 N–H and O–H groups in total. The molecule has 0 bridgehead atoms. The molecule has 6 aromatic rings. The smallest absolute Gasteiger partial charge is 0.313 e. The Balaban J connectivity index is 1.14. The molecule has 0 saturated carbocycles. The number of rotatable bonds is 27. The highest BCUT2D eigenvalue weighted by molar-refractivity contribution is 14.1. The van der Waals surface area contributed by atoms with E-state index in [0.717, 1.165) is 44.1 Å². The van der Waals surface area contributed by atoms with Crippen LogP contribution in [-0.2, 0) is 28.5 Å². The zero-order chi connectivity index (χ0) is 48.8. The normalized spacial score (nSPS) is 19.5. The lowest BCUT2D eigenvalue weighted by Gasteiger charge is -2.38. The van der Waals surface area contributed by atoms with Gasteiger partial charge in [0.15, 0.2) is 0 Å². The molecule has 70 heavy (non-hydrogen) atoms. The van der Waals surface area contributed by atoms with Crippen LogP contribution in [0.3, 0.4) is 0 Å². The molecule has 2 aliphatic heterocycles. The van der Waals surface area contributed by atoms with Crippen molar-refractivity contribution in [3.8, 4) is 0 Å². The molecule has 0 spiro atoms. The summed E-state index contributed by atoms with van der Waals surface area (Å²) in [5, 5.41) is 0. The van der Waals surface area contributed by atoms with Crippen molar-refractivity contribution in [2.75, 3.05) is 30.9 Å². The lowest BCUT2D eigenvalue weighted by Crippen LogP contribution is -2.39. The summed E-state index contributed by atoms with van der Waals surface area (Å²) in [5.41, 5.74) is 6.01. The van der Waals surface area contributed by atoms with E-state index in [1.807, 2.05) is 6.07 Å². The fourth-order valence-corrected chi connectivity index (χ4v) is 12.0. The SMILES string of the molecule is CCC(c1ccccc1)C(C)(CCC(CC(CC(CC(CC(c1ccccc1)C(C)(CI)C(=O)OCC1CO1)c1ccccc1)c1ccccc1)c1ccccc1)c1ccccc1)C(=O)OCC1CO1. The largest absolute Gasteiger partial charge is 0.462 e. The first-order valence-electron chi connectivity index (χ1n) is 25.6. The van der Waals surface area contributed by atoms with Crippen LogP contribution in [0.1, 0.15) is 135 Å². The Hall–Kier alpha value is -5.09. The predicted octanol–water partition coefficient (Wildman–Crippen LogP) is 14.8. The van der Waals surface area contributed by atoms with Gasteiger partial charge in [0.25, 0.3) is 0 Å². The van der Waals surface area contributed by atoms with Crippen molar-refractivity contribution < 1.29 is 28.5 Å². The first kappa shape index (κ1) is 51.3. The maximum Gasteiger partial charge on any atom is 0.313 e. The minimum atomic E-state index is -0.772. The van der Waals surface area contributed by atoms with Crippen molar-refractivity contribution in [1.29, 1.82) is 0 Å². The fraction of sp³-hybridized carbons (Fsp3) is 0.397. The summed E-state index contributed by atoms with van der Waals surface area (Å²) < 4.78 is 23.7. The number of alkyl halides is 1. The van der Waals surface area contributed by atoms with Crippen LogP contribution in [0.2, 0.25) is 0 Å². The third-order valence-corrected chi connectivity index (χ3v) is 17.1. The summed E-state index contributed by atoms with van der Waals surface area (Å²) in [5.74, 6) is 0.245. The second-order valence-corrected chi connectivity index (χ2v) is 21.1. The number of hydrogen-bond donors (Lipinski definition) is 0. The predicted molar refractivity (Wildman–Crippen MR) is 290 cm³/mol. The number of hydrogen-bond acceptors (Lipinski definition) is 6. The minimum Gasteiger partial charge on any atom is -0.462 e. The molecule has 2 heterocycles. The molecule has 6 aromatic carbocycles. The lowest BCUT2D eigenvalue weighted by atomic mass is 9.66. The van der Waals surface area contributed by atoms with Gasteiger partial charge in [0.1, 0.15) is 25.4 Å². The summed E-state index contributed by atoms with van der Waals surface area (Å²) in [4.78, 5) is 28.9. The third kappa shape index (κ3) is 13.4. The second-order valence-electron chi connectivity index (χ2n) is 20.3. The molecule has 366 valence electrons. The number of halogens is 1. The van der Waals surface area contributed by atoms with Crippen LogP contribution in [0, 0.1) is 10.8 Å². The van der Waals surface area contributed by atoms with Crippen LogP contribution in [-0.4, -0.2) is 55.0 Å². The molecular weight excluding hydrogens is 980 g/mol. The summed E-state index contributed by atoms with van der Waals surface area (Å²) >= 11 is 2.40. The Labute approximate surface area is 431 Å². The van der Waals surface area contributed by atoms with Gasteiger partial charge in [-0.3, -0.25) is 9.59 Å². The van der Waals surface area contributed by atoms with Gasteiger partial charge in [0.2, 0.25) is 0 Å². The summed E-state index contributed by atoms with van der Waals surface area (Å²) in [6, 6.07) is 65.2. The van der Waals surface area contributed by atoms with Crippen LogP contribution in [0.5, 0.6) is 0 Å². The topological polar surface area (TPSA) is 77.7 Å². The van der Waals surface area contributed by atoms with Crippen LogP contribution < -0.4 is 0 Å². The Morgan fingerprint density at radius 2 is 0.800 bits per heavy atom. The van der Waals surface area contributed by atoms with Gasteiger partial charge in [0.05, 0.1) is 24.0 Å². The van der Waals surface area contributed by atoms with E-state index in [2.05, 4.69) is 219 Å². The van der Waals surface area contributed by atoms with E-state index in [1.54, 1.807) is 0 Å². The van der Waals surface area contributed by atoms with Gasteiger partial charge in [-0.1, -0.05) is 212 Å². The van der Waals surface area contributed by atoms with E-state index in [-0.39, 0.29) is 59.7 Å². The lowest BCUT2D eigenvalue weighted by molar-refractivity contribution is -0.158. The monoisotopic (exact) mass is 1050 g/mol. The van der Waals surface area contributed by atoms with Gasteiger partial charge in [-0.25, -0.2) is 0 Å². The average molecular weight is 1050 g/mol. The molecule has 0 aromatic heterocycles. The summed E-state index contributed by atoms with van der Waals surface area (Å²) in [6.45, 7) is 8.31. The highest BCUT2D eigenvalue weighted by atomic mass is 127. The molecule has 0 radical (unpaired) electrons. The minimum absolute atomic E-state index is 0.00299. The molecule has 0 aliphatic carbocycles. The van der Waals surface area contributed by atoms with E-state index < -0.39 is 10.8 Å². The van der Waals surface area contributed by atoms with Crippen LogP contribution in [0.15, 0.2) is 182 Å². The highest BCUT2D eigenvalue weighted by Crippen LogP contribution is 2.50. The van der Waals surface area contributed by atoms with Crippen molar-refractivity contribution in [2.45, 2.75) is 113 Å². The number of esters is 2. The molecule has 10 atom stereocenters. The van der Waals surface area contributed by atoms with Crippen molar-refractivity contribution in [1.82, 2.24) is 0 Å². The number of carbonyl (C=O) groups is 2. The van der Waals surface area contributed by atoms with Crippen LogP contribution >= 0.6 is 22.6 Å². The van der Waals surface area contributed by atoms with Gasteiger partial charge in [-0.15, -0.1) is 0 Å². The number of benzene rings is 6. The quantitative estimate of drug-likeness (QED) is 0.0221. The Kier molecular flexibility index (Phi) is 18.2. The highest BCUT2D eigenvalue weighted by Gasteiger charge is 2.46. The van der Waals surface area contributed by atoms with Crippen molar-refractivity contribution in [2.24, 2.45) is 10.8 Å². The number of epoxide rings is 2. The second kappa shape index (κ2) is 24.8. The van der Waals surface area contributed by atoms with Crippen molar-refractivity contribution in [3.63, 3.8) is 0 Å². The van der Waals surface area contributed by atoms with Crippen LogP contribution in [0.25, 0.3) is 0 Å². The number of carbonyl (C=O) groups excluding carboxylic acids is 2. The molecule has 6 nitrogen and oxygen atoms in total. The Morgan fingerprint density at radius 1 is 0.486 bits per heavy atom. The molecule has 2 fully saturated rings. The van der Waals surface area contributed by atoms with Crippen molar-refractivity contribution in [3.05, 3.63) is 215 Å². The Morgan fingerprint density at radius 3 is 1.16 bits per heavy atom. The molecule has 2 aliphatic rings. The zero-order valence-corrected chi connectivity index (χ0v) is 43.4. The average Bonchev–Trinajstić information content (AvgIpc) is 4.38. The third-order valence-electron chi connectivity index (χ3n) is 15.5. The van der Waals surface area contributed by atoms with Gasteiger partial charge >= 0.3 is 11.9 Å². The van der Waals surface area contributed by atoms with E-state index in [0.29, 0.717) is 37.3 Å². The van der Waals surface area contributed by atoms with E-state index in [9.17, 15) is 9.59 Å². The summed E-state index contributed by atoms with van der Waals surface area (Å²) in [6.07, 6.45) is 5.81. The maximum atomic E-state index is 14.5. The maximum absolute atomic E-state index is 14.5. The molecule has 7 heteroatoms. The van der Waals surface area contributed by atoms with Crippen LogP contribution in [0.4, 0.5) is 0 Å². The molecule has 2 saturated heterocycles. The molecular formula is C63H71IO6. The van der Waals surface area contributed by atoms with Gasteiger partial charge in [0, 0.05) is 10.3 Å². The fourth-order valence-electron chi connectivity index (χ4n) is 11.1. The first-order valence-corrected chi connectivity index (χ1v) is 27.1. The van der Waals surface area contributed by atoms with E-state index in [4.69, 9.17) is 18.9 Å².